The fraction of sp³-hybridized carbons (Fsp3) is 0.0769. The number of sulfonamides is 1. The van der Waals surface area contributed by atoms with Gasteiger partial charge in [-0.15, -0.1) is 0 Å². The average molecular weight is 276 g/mol. The van der Waals surface area contributed by atoms with Gasteiger partial charge in [0.25, 0.3) is 10.0 Å². The molecule has 0 unspecified atom stereocenters. The van der Waals surface area contributed by atoms with Crippen LogP contribution in [0.25, 0.3) is 0 Å². The molecule has 3 rings (SSSR count). The van der Waals surface area contributed by atoms with E-state index in [2.05, 4.69) is 4.72 Å². The fourth-order valence-electron chi connectivity index (χ4n) is 1.79. The van der Waals surface area contributed by atoms with E-state index in [1.807, 2.05) is 6.92 Å². The third-order valence-corrected chi connectivity index (χ3v) is 4.22. The molecule has 1 aliphatic rings. The lowest BCUT2D eigenvalue weighted by Crippen LogP contribution is -2.13. The minimum absolute atomic E-state index is 0.156. The molecule has 6 heteroatoms. The highest BCUT2D eigenvalue weighted by molar-refractivity contribution is 7.92. The number of ether oxygens (including phenoxy) is 1. The van der Waals surface area contributed by atoms with E-state index >= 15 is 0 Å². The maximum Gasteiger partial charge on any atom is 0.262 e. The van der Waals surface area contributed by atoms with Gasteiger partial charge >= 0.3 is 0 Å². The lowest BCUT2D eigenvalue weighted by atomic mass is 10.2. The second-order valence-corrected chi connectivity index (χ2v) is 6.09. The van der Waals surface area contributed by atoms with Crippen molar-refractivity contribution in [3.05, 3.63) is 42.0 Å². The molecule has 0 bridgehead atoms. The number of nitrogen functional groups attached to an aromatic ring is 1. The Morgan fingerprint density at radius 3 is 2.58 bits per heavy atom. The van der Waals surface area contributed by atoms with Crippen LogP contribution in [0, 0.1) is 6.92 Å². The van der Waals surface area contributed by atoms with Crippen LogP contribution in [0.2, 0.25) is 0 Å². The van der Waals surface area contributed by atoms with Crippen molar-refractivity contribution >= 4 is 21.4 Å². The SMILES string of the molecule is Cc1ccc(NS(=O)(=O)c2ccc3c(c2)O3)c(N)c1. The number of anilines is 2. The van der Waals surface area contributed by atoms with Crippen molar-refractivity contribution in [2.75, 3.05) is 10.5 Å². The highest BCUT2D eigenvalue weighted by atomic mass is 32.2. The smallest absolute Gasteiger partial charge is 0.262 e. The molecule has 0 radical (unpaired) electrons. The van der Waals surface area contributed by atoms with E-state index in [4.69, 9.17) is 10.5 Å². The van der Waals surface area contributed by atoms with Gasteiger partial charge in [0.2, 0.25) is 0 Å². The highest BCUT2D eigenvalue weighted by Crippen LogP contribution is 2.46. The highest BCUT2D eigenvalue weighted by Gasteiger charge is 2.24. The first-order chi connectivity index (χ1) is 8.95. The third kappa shape index (κ3) is 2.22. The summed E-state index contributed by atoms with van der Waals surface area (Å²) < 4.78 is 31.9. The Morgan fingerprint density at radius 1 is 1.11 bits per heavy atom. The Hall–Kier alpha value is -2.21. The molecule has 0 saturated heterocycles. The van der Waals surface area contributed by atoms with Crippen molar-refractivity contribution in [3.8, 4) is 11.5 Å². The van der Waals surface area contributed by atoms with Gasteiger partial charge in [-0.05, 0) is 36.8 Å². The monoisotopic (exact) mass is 276 g/mol. The first-order valence-electron chi connectivity index (χ1n) is 5.66. The minimum atomic E-state index is -3.65. The Balaban J connectivity index is 1.93. The molecular formula is C13H12N2O3S. The first kappa shape index (κ1) is 11.9. The van der Waals surface area contributed by atoms with E-state index in [1.165, 1.54) is 12.1 Å². The minimum Gasteiger partial charge on any atom is -0.449 e. The number of aryl methyl sites for hydroxylation is 1. The Morgan fingerprint density at radius 2 is 1.89 bits per heavy atom. The lowest BCUT2D eigenvalue weighted by molar-refractivity contribution is 0.601. The zero-order valence-corrected chi connectivity index (χ0v) is 11.0. The van der Waals surface area contributed by atoms with Crippen molar-refractivity contribution < 1.29 is 13.2 Å². The molecule has 0 fully saturated rings. The van der Waals surface area contributed by atoms with E-state index in [-0.39, 0.29) is 4.90 Å². The first-order valence-corrected chi connectivity index (χ1v) is 7.15. The molecular weight excluding hydrogens is 264 g/mol. The Bertz CT molecular complexity index is 769. The topological polar surface area (TPSA) is 84.7 Å². The maximum absolute atomic E-state index is 12.2. The van der Waals surface area contributed by atoms with E-state index in [9.17, 15) is 8.42 Å². The molecule has 1 aliphatic heterocycles. The summed E-state index contributed by atoms with van der Waals surface area (Å²) in [6.07, 6.45) is 0. The van der Waals surface area contributed by atoms with Gasteiger partial charge in [0.05, 0.1) is 16.3 Å². The van der Waals surface area contributed by atoms with Gasteiger partial charge in [0, 0.05) is 6.07 Å². The van der Waals surface area contributed by atoms with Crippen LogP contribution in [0.4, 0.5) is 11.4 Å². The van der Waals surface area contributed by atoms with Crippen molar-refractivity contribution in [3.63, 3.8) is 0 Å². The molecule has 2 aromatic carbocycles. The summed E-state index contributed by atoms with van der Waals surface area (Å²) in [6, 6.07) is 9.77. The molecule has 0 saturated carbocycles. The van der Waals surface area contributed by atoms with Gasteiger partial charge in [-0.2, -0.15) is 0 Å². The van der Waals surface area contributed by atoms with Crippen LogP contribution >= 0.6 is 0 Å². The molecule has 0 aliphatic carbocycles. The summed E-state index contributed by atoms with van der Waals surface area (Å²) in [6.45, 7) is 1.89. The van der Waals surface area contributed by atoms with Crippen LogP contribution in [0.3, 0.4) is 0 Å². The van der Waals surface area contributed by atoms with Crippen molar-refractivity contribution in [2.24, 2.45) is 0 Å². The van der Waals surface area contributed by atoms with Gasteiger partial charge in [0.1, 0.15) is 0 Å². The predicted molar refractivity (Wildman–Crippen MR) is 72.9 cm³/mol. The molecule has 0 aromatic heterocycles. The van der Waals surface area contributed by atoms with E-state index in [1.54, 1.807) is 24.3 Å². The van der Waals surface area contributed by atoms with Crippen LogP contribution in [-0.4, -0.2) is 8.42 Å². The van der Waals surface area contributed by atoms with Crippen LogP contribution in [0.15, 0.2) is 41.3 Å². The summed E-state index contributed by atoms with van der Waals surface area (Å²) in [5.74, 6) is 1.31. The Kier molecular flexibility index (Phi) is 2.43. The molecule has 1 heterocycles. The summed E-state index contributed by atoms with van der Waals surface area (Å²) in [4.78, 5) is 0.156. The van der Waals surface area contributed by atoms with Gasteiger partial charge in [-0.1, -0.05) is 6.07 Å². The molecule has 19 heavy (non-hydrogen) atoms. The van der Waals surface area contributed by atoms with Crippen LogP contribution in [0.1, 0.15) is 5.56 Å². The lowest BCUT2D eigenvalue weighted by Gasteiger charge is -2.10. The second-order valence-electron chi connectivity index (χ2n) is 4.41. The van der Waals surface area contributed by atoms with Gasteiger partial charge in [-0.3, -0.25) is 4.72 Å². The van der Waals surface area contributed by atoms with Gasteiger partial charge in [-0.25, -0.2) is 8.42 Å². The van der Waals surface area contributed by atoms with Crippen molar-refractivity contribution in [2.45, 2.75) is 11.8 Å². The molecule has 0 spiro atoms. The quantitative estimate of drug-likeness (QED) is 0.568. The molecule has 98 valence electrons. The molecule has 0 atom stereocenters. The third-order valence-electron chi connectivity index (χ3n) is 2.86. The fourth-order valence-corrected chi connectivity index (χ4v) is 2.89. The average Bonchev–Trinajstić information content (AvgIpc) is 3.10. The maximum atomic E-state index is 12.2. The van der Waals surface area contributed by atoms with E-state index in [0.717, 1.165) is 5.56 Å². The van der Waals surface area contributed by atoms with Gasteiger partial charge in [0.15, 0.2) is 11.5 Å². The summed E-state index contributed by atoms with van der Waals surface area (Å²) in [5, 5.41) is 0. The van der Waals surface area contributed by atoms with Crippen molar-refractivity contribution in [1.29, 1.82) is 0 Å². The number of rotatable bonds is 3. The number of fused-ring (bicyclic) bond motifs is 1. The zero-order valence-electron chi connectivity index (χ0n) is 10.2. The second kappa shape index (κ2) is 3.89. The molecule has 3 N–H and O–H groups in total. The zero-order chi connectivity index (χ0) is 13.6. The number of hydrogen-bond acceptors (Lipinski definition) is 4. The summed E-state index contributed by atoms with van der Waals surface area (Å²) >= 11 is 0. The Labute approximate surface area is 111 Å². The van der Waals surface area contributed by atoms with Crippen LogP contribution in [0.5, 0.6) is 11.5 Å². The van der Waals surface area contributed by atoms with Crippen LogP contribution in [-0.2, 0) is 10.0 Å². The number of benzene rings is 2. The molecule has 2 aromatic rings. The standard InChI is InChI=1S/C13H12N2O3S/c1-8-2-4-11(10(14)6-8)15-19(16,17)9-3-5-12-13(7-9)18-12/h2-7,15H,14H2,1H3. The van der Waals surface area contributed by atoms with Gasteiger partial charge < -0.3 is 10.5 Å². The molecule has 5 nitrogen and oxygen atoms in total. The van der Waals surface area contributed by atoms with Crippen molar-refractivity contribution in [1.82, 2.24) is 0 Å². The van der Waals surface area contributed by atoms with E-state index in [0.29, 0.717) is 22.9 Å². The summed E-state index contributed by atoms with van der Waals surface area (Å²) in [5.41, 5.74) is 7.53. The number of hydrogen-bond donors (Lipinski definition) is 2. The van der Waals surface area contributed by atoms with Crippen LogP contribution < -0.4 is 15.2 Å². The molecule has 0 amide bonds. The van der Waals surface area contributed by atoms with E-state index < -0.39 is 10.0 Å². The number of nitrogens with two attached hydrogens (primary N) is 1. The number of nitrogens with one attached hydrogen (secondary N) is 1. The summed E-state index contributed by atoms with van der Waals surface area (Å²) in [7, 11) is -3.65. The normalized spacial score (nSPS) is 12.5. The predicted octanol–water partition coefficient (Wildman–Crippen LogP) is 2.48. The largest absolute Gasteiger partial charge is 0.449 e.